The quantitative estimate of drug-likeness (QED) is 0.218. The van der Waals surface area contributed by atoms with Crippen LogP contribution in [-0.2, 0) is 51.4 Å². The third-order valence-electron chi connectivity index (χ3n) is 6.22. The van der Waals surface area contributed by atoms with Crippen LogP contribution < -0.4 is 5.32 Å². The van der Waals surface area contributed by atoms with E-state index in [1.54, 1.807) is 0 Å². The summed E-state index contributed by atoms with van der Waals surface area (Å²) in [5.41, 5.74) is 1.78. The monoisotopic (exact) mass is 589 g/mol. The van der Waals surface area contributed by atoms with Gasteiger partial charge in [-0.05, 0) is 30.4 Å². The fraction of sp³-hybridized carbons (Fsp3) is 0.414. The maximum absolute atomic E-state index is 13.0. The third-order valence-corrected chi connectivity index (χ3v) is 8.14. The van der Waals surface area contributed by atoms with E-state index in [-0.39, 0.29) is 12.8 Å². The lowest BCUT2D eigenvalue weighted by Gasteiger charge is -2.20. The molecule has 0 saturated heterocycles. The maximum atomic E-state index is 13.0. The highest BCUT2D eigenvalue weighted by molar-refractivity contribution is 7.91. The third kappa shape index (κ3) is 12.8. The second kappa shape index (κ2) is 16.3. The number of esters is 1. The van der Waals surface area contributed by atoms with Gasteiger partial charge in [-0.2, -0.15) is 0 Å². The molecular formula is C29H35NO10S. The molecule has 0 saturated carbocycles. The number of carboxylic acids is 2. The first-order valence-electron chi connectivity index (χ1n) is 13.1. The summed E-state index contributed by atoms with van der Waals surface area (Å²) in [6.45, 7) is 0.517. The molecule has 2 atom stereocenters. The van der Waals surface area contributed by atoms with E-state index in [1.807, 2.05) is 60.7 Å². The molecule has 2 aromatic carbocycles. The number of nitrogens with one attached hydrogen (secondary N) is 1. The van der Waals surface area contributed by atoms with Gasteiger partial charge < -0.3 is 20.3 Å². The Morgan fingerprint density at radius 1 is 0.854 bits per heavy atom. The standard InChI is InChI=1S/C29H35NO10S/c1-20(19-41(38,39)14-8-13-26(32)33)28(36)30-24(17-27(34)35)25(31)18-40-29(37)23(15-21-9-4-2-5-10-21)16-22-11-6-3-7-12-22/h2-7,9-12,20,23-24H,8,13-19H2,1H3,(H,30,36)(H,32,33)(H,34,35). The minimum absolute atomic E-state index is 0.118. The molecule has 1 amide bonds. The van der Waals surface area contributed by atoms with Crippen LogP contribution in [0.3, 0.4) is 0 Å². The molecule has 2 unspecified atom stereocenters. The van der Waals surface area contributed by atoms with Gasteiger partial charge in [0.15, 0.2) is 22.2 Å². The van der Waals surface area contributed by atoms with Crippen molar-refractivity contribution in [1.82, 2.24) is 5.32 Å². The predicted molar refractivity (Wildman–Crippen MR) is 149 cm³/mol. The van der Waals surface area contributed by atoms with Crippen LogP contribution in [0, 0.1) is 11.8 Å². The summed E-state index contributed by atoms with van der Waals surface area (Å²) < 4.78 is 29.8. The molecule has 0 bridgehead atoms. The van der Waals surface area contributed by atoms with Gasteiger partial charge in [0.25, 0.3) is 0 Å². The Morgan fingerprint density at radius 3 is 1.88 bits per heavy atom. The van der Waals surface area contributed by atoms with Gasteiger partial charge in [0.1, 0.15) is 6.04 Å². The maximum Gasteiger partial charge on any atom is 0.310 e. The summed E-state index contributed by atoms with van der Waals surface area (Å²) in [6.07, 6.45) is -0.566. The number of hydrogen-bond acceptors (Lipinski definition) is 8. The molecule has 0 spiro atoms. The lowest BCUT2D eigenvalue weighted by atomic mass is 9.92. The first-order valence-corrected chi connectivity index (χ1v) is 14.9. The molecule has 0 radical (unpaired) electrons. The number of hydrogen-bond donors (Lipinski definition) is 3. The molecule has 12 heteroatoms. The Balaban J connectivity index is 2.03. The number of carbonyl (C=O) groups excluding carboxylic acids is 3. The molecule has 0 aliphatic rings. The minimum Gasteiger partial charge on any atom is -0.481 e. The number of amides is 1. The van der Waals surface area contributed by atoms with E-state index >= 15 is 0 Å². The largest absolute Gasteiger partial charge is 0.481 e. The SMILES string of the molecule is CC(CS(=O)(=O)CCCC(=O)O)C(=O)NC(CC(=O)O)C(=O)COC(=O)C(Cc1ccccc1)Cc1ccccc1. The second-order valence-electron chi connectivity index (χ2n) is 9.82. The van der Waals surface area contributed by atoms with Crippen molar-refractivity contribution in [2.24, 2.45) is 11.8 Å². The van der Waals surface area contributed by atoms with Crippen LogP contribution in [0.1, 0.15) is 37.3 Å². The van der Waals surface area contributed by atoms with Gasteiger partial charge in [-0.15, -0.1) is 0 Å². The van der Waals surface area contributed by atoms with E-state index in [0.717, 1.165) is 11.1 Å². The van der Waals surface area contributed by atoms with E-state index in [2.05, 4.69) is 5.32 Å². The Hall–Kier alpha value is -4.06. The van der Waals surface area contributed by atoms with Crippen LogP contribution in [0.5, 0.6) is 0 Å². The molecular weight excluding hydrogens is 554 g/mol. The summed E-state index contributed by atoms with van der Waals surface area (Å²) in [7, 11) is -3.78. The van der Waals surface area contributed by atoms with Gasteiger partial charge >= 0.3 is 17.9 Å². The first kappa shape index (κ1) is 33.1. The molecule has 11 nitrogen and oxygen atoms in total. The zero-order valence-corrected chi connectivity index (χ0v) is 23.5. The minimum atomic E-state index is -3.78. The zero-order chi connectivity index (χ0) is 30.4. The normalized spacial score (nSPS) is 12.7. The number of ketones is 1. The fourth-order valence-corrected chi connectivity index (χ4v) is 5.78. The van der Waals surface area contributed by atoms with E-state index < -0.39 is 81.8 Å². The van der Waals surface area contributed by atoms with Crippen molar-refractivity contribution >= 4 is 39.4 Å². The van der Waals surface area contributed by atoms with Crippen LogP contribution in [0.4, 0.5) is 0 Å². The van der Waals surface area contributed by atoms with Gasteiger partial charge in [-0.3, -0.25) is 24.0 Å². The van der Waals surface area contributed by atoms with E-state index in [9.17, 15) is 37.5 Å². The molecule has 3 N–H and O–H groups in total. The molecule has 0 aromatic heterocycles. The second-order valence-corrected chi connectivity index (χ2v) is 12.1. The number of carboxylic acid groups (broad SMARTS) is 2. The first-order chi connectivity index (χ1) is 19.4. The molecule has 0 aliphatic heterocycles. The summed E-state index contributed by atoms with van der Waals surface area (Å²) >= 11 is 0. The summed E-state index contributed by atoms with van der Waals surface area (Å²) in [4.78, 5) is 60.5. The van der Waals surface area contributed by atoms with Gasteiger partial charge in [-0.1, -0.05) is 67.6 Å². The highest BCUT2D eigenvalue weighted by atomic mass is 32.2. The van der Waals surface area contributed by atoms with E-state index in [0.29, 0.717) is 12.8 Å². The summed E-state index contributed by atoms with van der Waals surface area (Å²) in [5.74, 6) is -7.74. The smallest absolute Gasteiger partial charge is 0.310 e. The van der Waals surface area contributed by atoms with Crippen molar-refractivity contribution in [3.05, 3.63) is 71.8 Å². The van der Waals surface area contributed by atoms with Crippen molar-refractivity contribution in [2.75, 3.05) is 18.1 Å². The number of aliphatic carboxylic acids is 2. The van der Waals surface area contributed by atoms with Gasteiger partial charge in [-0.25, -0.2) is 8.42 Å². The molecule has 2 aromatic rings. The topological polar surface area (TPSA) is 181 Å². The summed E-state index contributed by atoms with van der Waals surface area (Å²) in [5, 5.41) is 20.2. The molecule has 2 rings (SSSR count). The van der Waals surface area contributed by atoms with Crippen molar-refractivity contribution in [3.8, 4) is 0 Å². The number of carbonyl (C=O) groups is 5. The van der Waals surface area contributed by atoms with E-state index in [4.69, 9.17) is 9.84 Å². The Kier molecular flexibility index (Phi) is 13.1. The Morgan fingerprint density at radius 2 is 1.39 bits per heavy atom. The number of sulfone groups is 1. The lowest BCUT2D eigenvalue weighted by Crippen LogP contribution is -2.47. The predicted octanol–water partition coefficient (Wildman–Crippen LogP) is 2.08. The lowest BCUT2D eigenvalue weighted by molar-refractivity contribution is -0.153. The molecule has 41 heavy (non-hydrogen) atoms. The number of ether oxygens (including phenoxy) is 1. The average Bonchev–Trinajstić information content (AvgIpc) is 2.91. The fourth-order valence-electron chi connectivity index (χ4n) is 4.11. The number of benzene rings is 2. The van der Waals surface area contributed by atoms with Gasteiger partial charge in [0.2, 0.25) is 5.91 Å². The van der Waals surface area contributed by atoms with Crippen LogP contribution in [0.15, 0.2) is 60.7 Å². The molecule has 0 aliphatic carbocycles. The molecule has 0 fully saturated rings. The summed E-state index contributed by atoms with van der Waals surface area (Å²) in [6, 6.07) is 17.0. The van der Waals surface area contributed by atoms with Crippen molar-refractivity contribution in [3.63, 3.8) is 0 Å². The molecule has 222 valence electrons. The number of Topliss-reactive ketones (excluding diaryl/α,β-unsaturated/α-hetero) is 1. The zero-order valence-electron chi connectivity index (χ0n) is 22.7. The van der Waals surface area contributed by atoms with E-state index in [1.165, 1.54) is 6.92 Å². The highest BCUT2D eigenvalue weighted by Gasteiger charge is 2.30. The number of rotatable bonds is 18. The van der Waals surface area contributed by atoms with Crippen LogP contribution in [-0.4, -0.2) is 72.4 Å². The van der Waals surface area contributed by atoms with Crippen molar-refractivity contribution < 1.29 is 47.3 Å². The Labute approximate surface area is 238 Å². The van der Waals surface area contributed by atoms with Crippen LogP contribution >= 0.6 is 0 Å². The van der Waals surface area contributed by atoms with Gasteiger partial charge in [0, 0.05) is 12.3 Å². The van der Waals surface area contributed by atoms with Crippen LogP contribution in [0.25, 0.3) is 0 Å². The average molecular weight is 590 g/mol. The van der Waals surface area contributed by atoms with Crippen molar-refractivity contribution in [2.45, 2.75) is 45.1 Å². The Bertz CT molecular complexity index is 1250. The van der Waals surface area contributed by atoms with Crippen LogP contribution in [0.2, 0.25) is 0 Å². The van der Waals surface area contributed by atoms with Crippen molar-refractivity contribution in [1.29, 1.82) is 0 Å². The molecule has 0 heterocycles. The van der Waals surface area contributed by atoms with Gasteiger partial charge in [0.05, 0.1) is 23.8 Å². The highest BCUT2D eigenvalue weighted by Crippen LogP contribution is 2.17.